The number of carbonyl (C=O) groups is 1. The van der Waals surface area contributed by atoms with Crippen LogP contribution in [0.5, 0.6) is 0 Å². The first-order valence-corrected chi connectivity index (χ1v) is 16.2. The Morgan fingerprint density at radius 1 is 0.838 bits per heavy atom. The third kappa shape index (κ3) is 4.51. The molecule has 2 aliphatic heterocycles. The number of rotatable bonds is 4. The molecule has 210 valence electrons. The number of ether oxygens (including phenoxy) is 1. The minimum Gasteiger partial charge on any atom is -0.461 e. The SMILES string of the molecule is CCC(=O)O[C@H]1C[C@@H]2CC[C@@H]3[C@H](CC[C@]4(C)[C@@H](O)[C@@H](N5CCCCC5)C[C@@H]34)[C@@]2(C)C[C@@H]1N1CCCCC1. The molecule has 4 aliphatic carbocycles. The van der Waals surface area contributed by atoms with Gasteiger partial charge in [0.25, 0.3) is 0 Å². The summed E-state index contributed by atoms with van der Waals surface area (Å²) in [6.07, 6.45) is 16.8. The number of nitrogens with zero attached hydrogens (tertiary/aromatic N) is 2. The van der Waals surface area contributed by atoms with Gasteiger partial charge >= 0.3 is 5.97 Å². The highest BCUT2D eigenvalue weighted by Gasteiger charge is 2.64. The van der Waals surface area contributed by atoms with Gasteiger partial charge in [-0.1, -0.05) is 33.6 Å². The summed E-state index contributed by atoms with van der Waals surface area (Å²) in [4.78, 5) is 17.8. The fourth-order valence-electron chi connectivity index (χ4n) is 10.8. The van der Waals surface area contributed by atoms with Gasteiger partial charge < -0.3 is 9.84 Å². The Balaban J connectivity index is 1.24. The van der Waals surface area contributed by atoms with E-state index in [9.17, 15) is 9.90 Å². The van der Waals surface area contributed by atoms with E-state index in [1.165, 1.54) is 103 Å². The zero-order valence-electron chi connectivity index (χ0n) is 24.0. The van der Waals surface area contributed by atoms with Crippen LogP contribution in [-0.2, 0) is 9.53 Å². The molecule has 10 atom stereocenters. The Hall–Kier alpha value is -0.650. The molecule has 6 fully saturated rings. The first kappa shape index (κ1) is 26.6. The Kier molecular flexibility index (Phi) is 7.46. The summed E-state index contributed by atoms with van der Waals surface area (Å²) in [5.74, 6) is 2.82. The molecule has 4 saturated carbocycles. The van der Waals surface area contributed by atoms with Gasteiger partial charge in [-0.05, 0) is 131 Å². The van der Waals surface area contributed by atoms with Crippen LogP contribution < -0.4 is 0 Å². The molecule has 0 unspecified atom stereocenters. The molecule has 0 radical (unpaired) electrons. The van der Waals surface area contributed by atoms with E-state index in [4.69, 9.17) is 4.74 Å². The van der Waals surface area contributed by atoms with Crippen LogP contribution >= 0.6 is 0 Å². The van der Waals surface area contributed by atoms with Crippen molar-refractivity contribution in [1.82, 2.24) is 9.80 Å². The molecule has 0 spiro atoms. The lowest BCUT2D eigenvalue weighted by atomic mass is 9.44. The zero-order chi connectivity index (χ0) is 25.8. The van der Waals surface area contributed by atoms with Crippen LogP contribution in [0.2, 0.25) is 0 Å². The number of likely N-dealkylation sites (tertiary alicyclic amines) is 2. The second-order valence-electron chi connectivity index (χ2n) is 14.5. The molecule has 0 amide bonds. The number of hydrogen-bond acceptors (Lipinski definition) is 5. The van der Waals surface area contributed by atoms with Crippen molar-refractivity contribution >= 4 is 5.97 Å². The molecule has 5 heteroatoms. The standard InChI is InChI=1S/C32H54N2O3/c1-4-29(35)37-28-19-22-11-12-23-24(32(22,3)21-27(28)34-17-9-6-10-18-34)13-14-31(2)25(23)20-26(30(31)36)33-15-7-5-8-16-33/h22-28,30,36H,4-21H2,1-3H3/t22-,23+,24-,25-,26-,27-,28-,30-,31-,32-/m0/s1. The largest absolute Gasteiger partial charge is 0.461 e. The van der Waals surface area contributed by atoms with E-state index in [1.54, 1.807) is 0 Å². The van der Waals surface area contributed by atoms with Crippen molar-refractivity contribution in [1.29, 1.82) is 0 Å². The fraction of sp³-hybridized carbons (Fsp3) is 0.969. The van der Waals surface area contributed by atoms with Gasteiger partial charge in [0.1, 0.15) is 6.10 Å². The summed E-state index contributed by atoms with van der Waals surface area (Å²) in [5.41, 5.74) is 0.419. The number of esters is 1. The van der Waals surface area contributed by atoms with Crippen molar-refractivity contribution < 1.29 is 14.6 Å². The monoisotopic (exact) mass is 514 g/mol. The van der Waals surface area contributed by atoms with E-state index in [2.05, 4.69) is 23.6 Å². The van der Waals surface area contributed by atoms with Gasteiger partial charge in [0.05, 0.1) is 6.10 Å². The molecule has 6 aliphatic rings. The molecule has 0 aromatic carbocycles. The van der Waals surface area contributed by atoms with Gasteiger partial charge in [-0.15, -0.1) is 0 Å². The lowest BCUT2D eigenvalue weighted by Crippen LogP contribution is -2.61. The number of piperidine rings is 2. The first-order valence-electron chi connectivity index (χ1n) is 16.2. The van der Waals surface area contributed by atoms with Gasteiger partial charge in [0, 0.05) is 18.5 Å². The van der Waals surface area contributed by atoms with Gasteiger partial charge in [-0.3, -0.25) is 14.6 Å². The smallest absolute Gasteiger partial charge is 0.305 e. The first-order chi connectivity index (χ1) is 17.8. The van der Waals surface area contributed by atoms with Crippen LogP contribution in [0.15, 0.2) is 0 Å². The third-order valence-electron chi connectivity index (χ3n) is 12.9. The zero-order valence-corrected chi connectivity index (χ0v) is 24.0. The van der Waals surface area contributed by atoms with Crippen molar-refractivity contribution in [2.75, 3.05) is 26.2 Å². The summed E-state index contributed by atoms with van der Waals surface area (Å²) in [5, 5.41) is 11.7. The predicted octanol–water partition coefficient (Wildman–Crippen LogP) is 5.64. The van der Waals surface area contributed by atoms with Crippen molar-refractivity contribution in [3.8, 4) is 0 Å². The van der Waals surface area contributed by atoms with E-state index in [0.717, 1.165) is 18.3 Å². The van der Waals surface area contributed by atoms with E-state index in [-0.39, 0.29) is 23.6 Å². The second kappa shape index (κ2) is 10.4. The molecule has 6 rings (SSSR count). The average molecular weight is 515 g/mol. The minimum absolute atomic E-state index is 0.0126. The van der Waals surface area contributed by atoms with Crippen LogP contribution in [0.3, 0.4) is 0 Å². The van der Waals surface area contributed by atoms with Gasteiger partial charge in [0.15, 0.2) is 0 Å². The van der Waals surface area contributed by atoms with Crippen LogP contribution in [0.4, 0.5) is 0 Å². The molecule has 1 N–H and O–H groups in total. The van der Waals surface area contributed by atoms with E-state index >= 15 is 0 Å². The van der Waals surface area contributed by atoms with Crippen LogP contribution in [0, 0.1) is 34.5 Å². The summed E-state index contributed by atoms with van der Waals surface area (Å²) in [6, 6.07) is 0.768. The number of fused-ring (bicyclic) bond motifs is 5. The van der Waals surface area contributed by atoms with Crippen LogP contribution in [0.1, 0.15) is 111 Å². The maximum absolute atomic E-state index is 12.5. The van der Waals surface area contributed by atoms with Crippen LogP contribution in [-0.4, -0.2) is 71.3 Å². The Morgan fingerprint density at radius 2 is 1.49 bits per heavy atom. The maximum atomic E-state index is 12.5. The summed E-state index contributed by atoms with van der Waals surface area (Å²) < 4.78 is 6.20. The average Bonchev–Trinajstić information content (AvgIpc) is 3.20. The van der Waals surface area contributed by atoms with Gasteiger partial charge in [0.2, 0.25) is 0 Å². The number of aliphatic hydroxyl groups is 1. The number of carbonyl (C=O) groups excluding carboxylic acids is 1. The van der Waals surface area contributed by atoms with E-state index < -0.39 is 0 Å². The molecule has 0 aromatic rings. The molecular formula is C32H54N2O3. The number of hydrogen-bond donors (Lipinski definition) is 1. The van der Waals surface area contributed by atoms with Crippen molar-refractivity contribution in [2.24, 2.45) is 34.5 Å². The number of aliphatic hydroxyl groups excluding tert-OH is 1. The van der Waals surface area contributed by atoms with E-state index in [1.807, 2.05) is 6.92 Å². The lowest BCUT2D eigenvalue weighted by molar-refractivity contribution is -0.177. The summed E-state index contributed by atoms with van der Waals surface area (Å²) >= 11 is 0. The predicted molar refractivity (Wildman–Crippen MR) is 147 cm³/mol. The topological polar surface area (TPSA) is 53.0 Å². The Morgan fingerprint density at radius 3 is 2.14 bits per heavy atom. The Bertz CT molecular complexity index is 823. The highest BCUT2D eigenvalue weighted by atomic mass is 16.5. The molecule has 37 heavy (non-hydrogen) atoms. The molecule has 2 saturated heterocycles. The molecule has 0 aromatic heterocycles. The van der Waals surface area contributed by atoms with Crippen molar-refractivity contribution in [3.05, 3.63) is 0 Å². The molecule has 2 heterocycles. The molecular weight excluding hydrogens is 460 g/mol. The van der Waals surface area contributed by atoms with Crippen LogP contribution in [0.25, 0.3) is 0 Å². The normalized spacial score (nSPS) is 49.1. The second-order valence-corrected chi connectivity index (χ2v) is 14.5. The van der Waals surface area contributed by atoms with Crippen molar-refractivity contribution in [2.45, 2.75) is 135 Å². The van der Waals surface area contributed by atoms with Crippen molar-refractivity contribution in [3.63, 3.8) is 0 Å². The Labute approximate surface area is 226 Å². The summed E-state index contributed by atoms with van der Waals surface area (Å²) in [7, 11) is 0. The quantitative estimate of drug-likeness (QED) is 0.492. The highest BCUT2D eigenvalue weighted by molar-refractivity contribution is 5.69. The molecule has 5 nitrogen and oxygen atoms in total. The summed E-state index contributed by atoms with van der Waals surface area (Å²) in [6.45, 7) is 11.7. The van der Waals surface area contributed by atoms with Gasteiger partial charge in [-0.25, -0.2) is 0 Å². The minimum atomic E-state index is -0.160. The lowest BCUT2D eigenvalue weighted by Gasteiger charge is -2.62. The molecule has 0 bridgehead atoms. The fourth-order valence-corrected chi connectivity index (χ4v) is 10.8. The maximum Gasteiger partial charge on any atom is 0.305 e. The highest BCUT2D eigenvalue weighted by Crippen LogP contribution is 2.67. The third-order valence-corrected chi connectivity index (χ3v) is 12.9. The van der Waals surface area contributed by atoms with E-state index in [0.29, 0.717) is 35.8 Å². The van der Waals surface area contributed by atoms with Gasteiger partial charge in [-0.2, -0.15) is 0 Å².